The molecule has 3 rings (SSSR count). The highest BCUT2D eigenvalue weighted by atomic mass is 32.2. The van der Waals surface area contributed by atoms with E-state index in [4.69, 9.17) is 0 Å². The third-order valence-electron chi connectivity index (χ3n) is 5.11. The Balaban J connectivity index is 1.86. The van der Waals surface area contributed by atoms with Crippen molar-refractivity contribution in [1.29, 1.82) is 0 Å². The topological polar surface area (TPSA) is 57.7 Å². The molecular weight excluding hydrogens is 360 g/mol. The molecule has 0 aromatic heterocycles. The second-order valence-corrected chi connectivity index (χ2v) is 8.89. The second-order valence-electron chi connectivity index (χ2n) is 7.03. The largest absolute Gasteiger partial charge is 0.336 e. The van der Waals surface area contributed by atoms with Crippen LogP contribution in [0.3, 0.4) is 0 Å². The first-order chi connectivity index (χ1) is 12.8. The molecule has 0 fully saturated rings. The molecule has 1 atom stereocenters. The monoisotopic (exact) mass is 386 g/mol. The number of sulfonamides is 1. The maximum Gasteiger partial charge on any atom is 0.246 e. The fourth-order valence-electron chi connectivity index (χ4n) is 3.63. The quantitative estimate of drug-likeness (QED) is 0.794. The van der Waals surface area contributed by atoms with Crippen molar-refractivity contribution in [3.05, 3.63) is 65.2 Å². The summed E-state index contributed by atoms with van der Waals surface area (Å²) in [7, 11) is -3.60. The zero-order valence-electron chi connectivity index (χ0n) is 16.1. The van der Waals surface area contributed by atoms with Gasteiger partial charge < -0.3 is 4.90 Å². The summed E-state index contributed by atoms with van der Waals surface area (Å²) >= 11 is 0. The van der Waals surface area contributed by atoms with Gasteiger partial charge in [-0.1, -0.05) is 43.3 Å². The van der Waals surface area contributed by atoms with Crippen LogP contribution in [0.25, 0.3) is 0 Å². The Labute approximate surface area is 161 Å². The van der Waals surface area contributed by atoms with Crippen LogP contribution in [-0.4, -0.2) is 38.1 Å². The average Bonchev–Trinajstić information content (AvgIpc) is 2.66. The van der Waals surface area contributed by atoms with Crippen LogP contribution in [0.2, 0.25) is 0 Å². The normalized spacial score (nSPS) is 15.1. The van der Waals surface area contributed by atoms with Gasteiger partial charge in [0.25, 0.3) is 0 Å². The molecular formula is C21H26N2O3S. The van der Waals surface area contributed by atoms with E-state index in [1.54, 1.807) is 24.0 Å². The molecule has 27 heavy (non-hydrogen) atoms. The Morgan fingerprint density at radius 2 is 1.74 bits per heavy atom. The first-order valence-corrected chi connectivity index (χ1v) is 11.1. The van der Waals surface area contributed by atoms with Gasteiger partial charge in [0.15, 0.2) is 0 Å². The van der Waals surface area contributed by atoms with Crippen molar-refractivity contribution in [1.82, 2.24) is 4.90 Å². The average molecular weight is 387 g/mol. The lowest BCUT2D eigenvalue weighted by molar-refractivity contribution is -0.132. The SMILES string of the molecule is CCc1ccc(N(C(C)C(=O)N2CCc3ccccc3C2)S(C)(=O)=O)cc1. The third-order valence-corrected chi connectivity index (χ3v) is 6.35. The van der Waals surface area contributed by atoms with Crippen LogP contribution in [0.1, 0.15) is 30.5 Å². The molecule has 1 heterocycles. The van der Waals surface area contributed by atoms with Crippen molar-refractivity contribution >= 4 is 21.6 Å². The van der Waals surface area contributed by atoms with E-state index in [1.165, 1.54) is 9.87 Å². The lowest BCUT2D eigenvalue weighted by Gasteiger charge is -2.35. The number of fused-ring (bicyclic) bond motifs is 1. The van der Waals surface area contributed by atoms with Gasteiger partial charge in [0.1, 0.15) is 6.04 Å². The number of benzene rings is 2. The molecule has 0 aliphatic carbocycles. The van der Waals surface area contributed by atoms with Crippen LogP contribution in [-0.2, 0) is 34.2 Å². The Hall–Kier alpha value is -2.34. The minimum Gasteiger partial charge on any atom is -0.336 e. The highest BCUT2D eigenvalue weighted by Gasteiger charge is 2.33. The van der Waals surface area contributed by atoms with E-state index < -0.39 is 16.1 Å². The number of anilines is 1. The maximum atomic E-state index is 13.1. The predicted molar refractivity (Wildman–Crippen MR) is 108 cm³/mol. The van der Waals surface area contributed by atoms with E-state index >= 15 is 0 Å². The van der Waals surface area contributed by atoms with Crippen LogP contribution in [0.5, 0.6) is 0 Å². The van der Waals surface area contributed by atoms with Gasteiger partial charge in [-0.05, 0) is 48.6 Å². The van der Waals surface area contributed by atoms with Crippen molar-refractivity contribution < 1.29 is 13.2 Å². The smallest absolute Gasteiger partial charge is 0.246 e. The zero-order chi connectivity index (χ0) is 19.6. The van der Waals surface area contributed by atoms with Gasteiger partial charge >= 0.3 is 0 Å². The minimum absolute atomic E-state index is 0.172. The molecule has 0 saturated heterocycles. The number of hydrogen-bond acceptors (Lipinski definition) is 3. The van der Waals surface area contributed by atoms with Crippen LogP contribution >= 0.6 is 0 Å². The molecule has 0 N–H and O–H groups in total. The Morgan fingerprint density at radius 1 is 1.11 bits per heavy atom. The van der Waals surface area contributed by atoms with E-state index in [2.05, 4.69) is 6.07 Å². The first-order valence-electron chi connectivity index (χ1n) is 9.25. The molecule has 0 saturated carbocycles. The zero-order valence-corrected chi connectivity index (χ0v) is 16.9. The fourth-order valence-corrected chi connectivity index (χ4v) is 4.80. The molecule has 0 bridgehead atoms. The van der Waals surface area contributed by atoms with Gasteiger partial charge in [-0.25, -0.2) is 8.42 Å². The van der Waals surface area contributed by atoms with Crippen molar-refractivity contribution in [3.63, 3.8) is 0 Å². The molecule has 0 spiro atoms. The Morgan fingerprint density at radius 3 is 2.33 bits per heavy atom. The molecule has 5 nitrogen and oxygen atoms in total. The fraction of sp³-hybridized carbons (Fsp3) is 0.381. The molecule has 6 heteroatoms. The van der Waals surface area contributed by atoms with E-state index in [0.717, 1.165) is 30.2 Å². The van der Waals surface area contributed by atoms with Crippen LogP contribution in [0, 0.1) is 0 Å². The number of nitrogens with zero attached hydrogens (tertiary/aromatic N) is 2. The summed E-state index contributed by atoms with van der Waals surface area (Å²) in [4.78, 5) is 14.9. The molecule has 144 valence electrons. The molecule has 1 amide bonds. The van der Waals surface area contributed by atoms with Gasteiger partial charge in [-0.15, -0.1) is 0 Å². The van der Waals surface area contributed by atoms with E-state index in [0.29, 0.717) is 18.8 Å². The van der Waals surface area contributed by atoms with E-state index in [9.17, 15) is 13.2 Å². The van der Waals surface area contributed by atoms with Gasteiger partial charge in [0.2, 0.25) is 15.9 Å². The Kier molecular flexibility index (Phi) is 5.56. The lowest BCUT2D eigenvalue weighted by Crippen LogP contribution is -2.50. The third kappa shape index (κ3) is 4.16. The lowest BCUT2D eigenvalue weighted by atomic mass is 9.99. The van der Waals surface area contributed by atoms with Gasteiger partial charge in [-0.2, -0.15) is 0 Å². The number of hydrogen-bond donors (Lipinski definition) is 0. The minimum atomic E-state index is -3.60. The predicted octanol–water partition coefficient (Wildman–Crippen LogP) is 2.99. The number of rotatable bonds is 5. The summed E-state index contributed by atoms with van der Waals surface area (Å²) in [5, 5.41) is 0. The van der Waals surface area contributed by atoms with Gasteiger partial charge in [0, 0.05) is 13.1 Å². The molecule has 0 radical (unpaired) electrons. The summed E-state index contributed by atoms with van der Waals surface area (Å²) in [6.07, 6.45) is 2.82. The number of amides is 1. The van der Waals surface area contributed by atoms with Gasteiger partial charge in [0.05, 0.1) is 11.9 Å². The Bertz CT molecular complexity index is 923. The summed E-state index contributed by atoms with van der Waals surface area (Å²) in [5.74, 6) is -0.172. The second kappa shape index (κ2) is 7.72. The van der Waals surface area contributed by atoms with Gasteiger partial charge in [-0.3, -0.25) is 9.10 Å². The molecule has 1 aliphatic heterocycles. The van der Waals surface area contributed by atoms with Crippen LogP contribution in [0.15, 0.2) is 48.5 Å². The van der Waals surface area contributed by atoms with Crippen molar-refractivity contribution in [2.75, 3.05) is 17.1 Å². The van der Waals surface area contributed by atoms with E-state index in [1.807, 2.05) is 37.3 Å². The number of carbonyl (C=O) groups is 1. The van der Waals surface area contributed by atoms with Crippen LogP contribution in [0.4, 0.5) is 5.69 Å². The summed E-state index contributed by atoms with van der Waals surface area (Å²) in [5.41, 5.74) is 4.03. The molecule has 1 aliphatic rings. The number of carbonyl (C=O) groups excluding carboxylic acids is 1. The van der Waals surface area contributed by atoms with Crippen molar-refractivity contribution in [3.8, 4) is 0 Å². The summed E-state index contributed by atoms with van der Waals surface area (Å²) in [6.45, 7) is 4.83. The standard InChI is InChI=1S/C21H26N2O3S/c1-4-17-9-11-20(12-10-17)23(27(3,25)26)16(2)21(24)22-14-13-18-7-5-6-8-19(18)15-22/h5-12,16H,4,13-15H2,1-3H3. The van der Waals surface area contributed by atoms with Crippen molar-refractivity contribution in [2.45, 2.75) is 39.3 Å². The van der Waals surface area contributed by atoms with Crippen molar-refractivity contribution in [2.24, 2.45) is 0 Å². The van der Waals surface area contributed by atoms with E-state index in [-0.39, 0.29) is 5.91 Å². The molecule has 2 aromatic rings. The highest BCUT2D eigenvalue weighted by Crippen LogP contribution is 2.25. The molecule has 1 unspecified atom stereocenters. The summed E-state index contributed by atoms with van der Waals surface area (Å²) in [6, 6.07) is 14.6. The van der Waals surface area contributed by atoms with Crippen LogP contribution < -0.4 is 4.31 Å². The summed E-state index contributed by atoms with van der Waals surface area (Å²) < 4.78 is 26.2. The highest BCUT2D eigenvalue weighted by molar-refractivity contribution is 7.92. The number of aryl methyl sites for hydroxylation is 1. The first kappa shape index (κ1) is 19.4. The molecule has 2 aromatic carbocycles. The maximum absolute atomic E-state index is 13.1.